The summed E-state index contributed by atoms with van der Waals surface area (Å²) >= 11 is 6.44. The molecule has 1 saturated heterocycles. The maximum absolute atomic E-state index is 12.9. The molecule has 3 aromatic rings. The zero-order valence-corrected chi connectivity index (χ0v) is 23.4. The lowest BCUT2D eigenvalue weighted by Gasteiger charge is -2.25. The smallest absolute Gasteiger partial charge is 0.229 e. The quantitative estimate of drug-likeness (QED) is 0.273. The van der Waals surface area contributed by atoms with Gasteiger partial charge in [0.15, 0.2) is 5.82 Å². The number of hydrogen-bond donors (Lipinski definition) is 2. The highest BCUT2D eigenvalue weighted by Gasteiger charge is 2.24. The van der Waals surface area contributed by atoms with Gasteiger partial charge in [0.25, 0.3) is 0 Å². The molecule has 1 unspecified atom stereocenters. The Kier molecular flexibility index (Phi) is 7.75. The van der Waals surface area contributed by atoms with Gasteiger partial charge in [-0.15, -0.1) is 0 Å². The molecule has 1 aliphatic heterocycles. The lowest BCUT2D eigenvalue weighted by atomic mass is 10.0. The second-order valence-corrected chi connectivity index (χ2v) is 13.9. The number of nitrogens with zero attached hydrogens (tertiary/aromatic N) is 3. The van der Waals surface area contributed by atoms with Gasteiger partial charge >= 0.3 is 0 Å². The molecule has 196 valence electrons. The Bertz CT molecular complexity index is 1320. The van der Waals surface area contributed by atoms with E-state index < -0.39 is 7.14 Å². The summed E-state index contributed by atoms with van der Waals surface area (Å²) in [5, 5.41) is 7.66. The van der Waals surface area contributed by atoms with E-state index >= 15 is 0 Å². The van der Waals surface area contributed by atoms with Crippen molar-refractivity contribution in [1.82, 2.24) is 14.9 Å². The minimum Gasteiger partial charge on any atom is -0.497 e. The van der Waals surface area contributed by atoms with Crippen LogP contribution >= 0.6 is 18.7 Å². The van der Waals surface area contributed by atoms with Crippen LogP contribution in [0.25, 0.3) is 0 Å². The third-order valence-corrected chi connectivity index (χ3v) is 9.20. The standard InChI is InChI=1S/C28H35ClN5O2P/c1-36-23-12-13-25(26(17-23)37(2,3)35)32-27-24(29)18-30-28(33-27)31-21-9-6-19-7-10-22(11-8-20(19)16-21)34-14-4-5-15-34/h6,9,12-13,16-18,22H,4-5,7-8,10-11,14-15H2,1-3H3,(H2,30,31,32,33). The largest absolute Gasteiger partial charge is 0.497 e. The minimum absolute atomic E-state index is 0.379. The summed E-state index contributed by atoms with van der Waals surface area (Å²) in [5.41, 5.74) is 4.49. The summed E-state index contributed by atoms with van der Waals surface area (Å²) in [6.45, 7) is 5.97. The summed E-state index contributed by atoms with van der Waals surface area (Å²) in [4.78, 5) is 11.7. The molecule has 1 aromatic heterocycles. The van der Waals surface area contributed by atoms with E-state index in [9.17, 15) is 4.57 Å². The van der Waals surface area contributed by atoms with Crippen LogP contribution in [0.2, 0.25) is 5.02 Å². The molecule has 37 heavy (non-hydrogen) atoms. The number of fused-ring (bicyclic) bond motifs is 1. The maximum atomic E-state index is 12.9. The Morgan fingerprint density at radius 3 is 2.51 bits per heavy atom. The van der Waals surface area contributed by atoms with Gasteiger partial charge in [0.1, 0.15) is 17.9 Å². The van der Waals surface area contributed by atoms with Crippen LogP contribution in [-0.2, 0) is 17.4 Å². The topological polar surface area (TPSA) is 79.4 Å². The van der Waals surface area contributed by atoms with E-state index in [4.69, 9.17) is 16.3 Å². The van der Waals surface area contributed by atoms with Gasteiger partial charge in [-0.2, -0.15) is 4.98 Å². The van der Waals surface area contributed by atoms with Crippen LogP contribution in [0.5, 0.6) is 5.75 Å². The number of benzene rings is 2. The Hall–Kier alpha value is -2.60. The molecule has 0 radical (unpaired) electrons. The van der Waals surface area contributed by atoms with E-state index in [0.717, 1.165) is 18.5 Å². The van der Waals surface area contributed by atoms with Gasteiger partial charge in [-0.1, -0.05) is 17.7 Å². The number of aryl methyl sites for hydroxylation is 2. The van der Waals surface area contributed by atoms with Crippen LogP contribution in [0.4, 0.5) is 23.1 Å². The molecule has 0 bridgehead atoms. The summed E-state index contributed by atoms with van der Waals surface area (Å²) in [6.07, 6.45) is 8.93. The average Bonchev–Trinajstić information content (AvgIpc) is 3.33. The summed E-state index contributed by atoms with van der Waals surface area (Å²) in [6, 6.07) is 12.7. The van der Waals surface area contributed by atoms with E-state index in [1.165, 1.54) is 49.9 Å². The van der Waals surface area contributed by atoms with Crippen LogP contribution in [0.3, 0.4) is 0 Å². The predicted octanol–water partition coefficient (Wildman–Crippen LogP) is 6.22. The highest BCUT2D eigenvalue weighted by atomic mass is 35.5. The Morgan fingerprint density at radius 2 is 1.78 bits per heavy atom. The SMILES string of the molecule is COc1ccc(Nc2nc(Nc3ccc4c(c3)CCC(N3CCCC3)CC4)ncc2Cl)c(P(C)(C)=O)c1. The first kappa shape index (κ1) is 26.0. The lowest BCUT2D eigenvalue weighted by Crippen LogP contribution is -2.32. The molecule has 2 heterocycles. The number of halogens is 1. The van der Waals surface area contributed by atoms with E-state index in [0.29, 0.717) is 39.6 Å². The van der Waals surface area contributed by atoms with Crippen molar-refractivity contribution in [3.8, 4) is 5.75 Å². The molecule has 2 aromatic carbocycles. The lowest BCUT2D eigenvalue weighted by molar-refractivity contribution is 0.222. The fourth-order valence-electron chi connectivity index (χ4n) is 5.40. The zero-order chi connectivity index (χ0) is 26.0. The number of nitrogens with one attached hydrogen (secondary N) is 2. The molecule has 1 atom stereocenters. The van der Waals surface area contributed by atoms with Crippen molar-refractivity contribution in [2.24, 2.45) is 0 Å². The van der Waals surface area contributed by atoms with Crippen LogP contribution in [-0.4, -0.2) is 54.4 Å². The second-order valence-electron chi connectivity index (χ2n) is 10.3. The van der Waals surface area contributed by atoms with Gasteiger partial charge < -0.3 is 24.8 Å². The normalized spacial score (nSPS) is 18.2. The fourth-order valence-corrected chi connectivity index (χ4v) is 6.69. The maximum Gasteiger partial charge on any atom is 0.229 e. The van der Waals surface area contributed by atoms with Crippen LogP contribution < -0.4 is 20.7 Å². The van der Waals surface area contributed by atoms with E-state index in [-0.39, 0.29) is 0 Å². The van der Waals surface area contributed by atoms with Gasteiger partial charge in [-0.25, -0.2) is 4.98 Å². The first-order valence-corrected chi connectivity index (χ1v) is 15.9. The zero-order valence-electron chi connectivity index (χ0n) is 21.8. The number of rotatable bonds is 7. The molecule has 1 aliphatic carbocycles. The van der Waals surface area contributed by atoms with Crippen molar-refractivity contribution in [2.75, 3.05) is 44.2 Å². The summed E-state index contributed by atoms with van der Waals surface area (Å²) < 4.78 is 18.3. The van der Waals surface area contributed by atoms with Crippen molar-refractivity contribution in [3.63, 3.8) is 0 Å². The summed E-state index contributed by atoms with van der Waals surface area (Å²) in [5.74, 6) is 1.54. The molecule has 0 spiro atoms. The number of aromatic nitrogens is 2. The number of anilines is 4. The highest BCUT2D eigenvalue weighted by molar-refractivity contribution is 7.70. The van der Waals surface area contributed by atoms with Crippen molar-refractivity contribution < 1.29 is 9.30 Å². The first-order valence-electron chi connectivity index (χ1n) is 13.0. The fraction of sp³-hybridized carbons (Fsp3) is 0.429. The molecule has 0 saturated carbocycles. The molecular weight excluding hydrogens is 505 g/mol. The number of hydrogen-bond acceptors (Lipinski definition) is 7. The van der Waals surface area contributed by atoms with E-state index in [2.05, 4.69) is 43.7 Å². The van der Waals surface area contributed by atoms with Gasteiger partial charge in [-0.05, 0) is 106 Å². The molecule has 0 amide bonds. The third-order valence-electron chi connectivity index (χ3n) is 7.40. The van der Waals surface area contributed by atoms with Crippen molar-refractivity contribution in [2.45, 2.75) is 44.6 Å². The van der Waals surface area contributed by atoms with Gasteiger partial charge in [0.05, 0.1) is 19.0 Å². The molecule has 2 aliphatic rings. The second kappa shape index (κ2) is 11.0. The molecule has 5 rings (SSSR count). The Morgan fingerprint density at radius 1 is 1.03 bits per heavy atom. The van der Waals surface area contributed by atoms with Gasteiger partial charge in [-0.3, -0.25) is 0 Å². The first-order chi connectivity index (χ1) is 17.8. The molecule has 9 heteroatoms. The number of ether oxygens (including phenoxy) is 1. The average molecular weight is 540 g/mol. The molecule has 7 nitrogen and oxygen atoms in total. The Labute approximate surface area is 224 Å². The van der Waals surface area contributed by atoms with E-state index in [1.54, 1.807) is 32.7 Å². The van der Waals surface area contributed by atoms with Crippen LogP contribution in [0, 0.1) is 0 Å². The van der Waals surface area contributed by atoms with Crippen molar-refractivity contribution in [3.05, 3.63) is 58.7 Å². The monoisotopic (exact) mass is 539 g/mol. The van der Waals surface area contributed by atoms with Crippen LogP contribution in [0.1, 0.15) is 36.8 Å². The third kappa shape index (κ3) is 6.11. The van der Waals surface area contributed by atoms with Crippen molar-refractivity contribution in [1.29, 1.82) is 0 Å². The predicted molar refractivity (Wildman–Crippen MR) is 153 cm³/mol. The van der Waals surface area contributed by atoms with Gasteiger partial charge in [0, 0.05) is 17.0 Å². The highest BCUT2D eigenvalue weighted by Crippen LogP contribution is 2.40. The summed E-state index contributed by atoms with van der Waals surface area (Å²) in [7, 11) is -0.996. The molecular formula is C28H35ClN5O2P. The Balaban J connectivity index is 1.33. The number of methoxy groups -OCH3 is 1. The van der Waals surface area contributed by atoms with Crippen molar-refractivity contribution >= 4 is 47.2 Å². The van der Waals surface area contributed by atoms with E-state index in [1.807, 2.05) is 12.1 Å². The number of likely N-dealkylation sites (tertiary alicyclic amines) is 1. The minimum atomic E-state index is -2.59. The van der Waals surface area contributed by atoms with Gasteiger partial charge in [0.2, 0.25) is 5.95 Å². The molecule has 2 N–H and O–H groups in total. The van der Waals surface area contributed by atoms with Crippen LogP contribution in [0.15, 0.2) is 42.6 Å². The molecule has 1 fully saturated rings.